The first-order valence-corrected chi connectivity index (χ1v) is 9.50. The maximum Gasteiger partial charge on any atom is 0.189 e. The number of aromatic nitrogens is 1. The summed E-state index contributed by atoms with van der Waals surface area (Å²) in [6, 6.07) is 9.41. The highest BCUT2D eigenvalue weighted by Crippen LogP contribution is 2.26. The van der Waals surface area contributed by atoms with E-state index in [2.05, 4.69) is 26.3 Å². The number of guanidine groups is 1. The Bertz CT molecular complexity index is 793. The van der Waals surface area contributed by atoms with Gasteiger partial charge in [0.25, 0.3) is 0 Å². The molecule has 1 saturated heterocycles. The zero-order valence-electron chi connectivity index (χ0n) is 15.2. The summed E-state index contributed by atoms with van der Waals surface area (Å²) in [6.07, 6.45) is 4.29. The van der Waals surface area contributed by atoms with E-state index in [1.165, 1.54) is 12.8 Å². The number of rotatable bonds is 5. The number of halogens is 3. The minimum absolute atomic E-state index is 0. The summed E-state index contributed by atoms with van der Waals surface area (Å²) in [5.74, 6) is 1.39. The minimum Gasteiger partial charge on any atom is -0.370 e. The Labute approximate surface area is 187 Å². The quantitative estimate of drug-likeness (QED) is 0.339. The Morgan fingerprint density at radius 3 is 2.70 bits per heavy atom. The van der Waals surface area contributed by atoms with E-state index in [0.717, 1.165) is 30.0 Å². The molecule has 0 saturated carbocycles. The second-order valence-corrected chi connectivity index (χ2v) is 7.29. The normalized spacial score (nSPS) is 15.4. The topological polar surface area (TPSA) is 66.5 Å². The second kappa shape index (κ2) is 10.3. The van der Waals surface area contributed by atoms with Gasteiger partial charge in [-0.25, -0.2) is 9.98 Å². The standard InChI is InChI=1S/C19H23Cl2N5.HI/c1-13(16-5-4-15(20)11-17(16)21)25-19(22)24-12-14-6-7-23-18(10-14)26-8-2-3-9-26;/h4-7,10-11,13H,2-3,8-9,12H2,1H3,(H3,22,24,25);1H. The molecule has 1 aromatic heterocycles. The SMILES string of the molecule is CC(NC(N)=NCc1ccnc(N2CCCC2)c1)c1ccc(Cl)cc1Cl.I. The Morgan fingerprint density at radius 2 is 2.00 bits per heavy atom. The molecule has 0 spiro atoms. The van der Waals surface area contributed by atoms with E-state index in [-0.39, 0.29) is 30.0 Å². The van der Waals surface area contributed by atoms with Crippen LogP contribution in [0.15, 0.2) is 41.5 Å². The molecule has 5 nitrogen and oxygen atoms in total. The summed E-state index contributed by atoms with van der Waals surface area (Å²) in [5, 5.41) is 4.39. The maximum absolute atomic E-state index is 6.24. The molecule has 1 atom stereocenters. The van der Waals surface area contributed by atoms with Crippen LogP contribution in [0.2, 0.25) is 10.0 Å². The van der Waals surface area contributed by atoms with Gasteiger partial charge in [0.2, 0.25) is 0 Å². The van der Waals surface area contributed by atoms with Gasteiger partial charge in [-0.1, -0.05) is 29.3 Å². The minimum atomic E-state index is -0.0684. The van der Waals surface area contributed by atoms with Crippen LogP contribution in [-0.4, -0.2) is 24.0 Å². The molecule has 1 aromatic carbocycles. The van der Waals surface area contributed by atoms with Crippen molar-refractivity contribution in [2.75, 3.05) is 18.0 Å². The van der Waals surface area contributed by atoms with Gasteiger partial charge in [0.15, 0.2) is 5.96 Å². The molecule has 1 unspecified atom stereocenters. The number of anilines is 1. The van der Waals surface area contributed by atoms with Crippen molar-refractivity contribution in [2.24, 2.45) is 10.7 Å². The van der Waals surface area contributed by atoms with Gasteiger partial charge in [-0.15, -0.1) is 24.0 Å². The zero-order chi connectivity index (χ0) is 18.5. The van der Waals surface area contributed by atoms with E-state index < -0.39 is 0 Å². The summed E-state index contributed by atoms with van der Waals surface area (Å²) in [5.41, 5.74) is 8.06. The summed E-state index contributed by atoms with van der Waals surface area (Å²) in [7, 11) is 0. The van der Waals surface area contributed by atoms with Gasteiger partial charge in [0, 0.05) is 29.3 Å². The first-order chi connectivity index (χ1) is 12.5. The van der Waals surface area contributed by atoms with Crippen LogP contribution >= 0.6 is 47.2 Å². The number of nitrogens with one attached hydrogen (secondary N) is 1. The average Bonchev–Trinajstić information content (AvgIpc) is 3.15. The second-order valence-electron chi connectivity index (χ2n) is 6.45. The molecule has 2 aromatic rings. The van der Waals surface area contributed by atoms with Crippen LogP contribution in [0.3, 0.4) is 0 Å². The Kier molecular flexibility index (Phi) is 8.44. The van der Waals surface area contributed by atoms with Gasteiger partial charge in [0.1, 0.15) is 5.82 Å². The molecule has 0 amide bonds. The van der Waals surface area contributed by atoms with Crippen LogP contribution < -0.4 is 16.0 Å². The van der Waals surface area contributed by atoms with Gasteiger partial charge in [-0.2, -0.15) is 0 Å². The highest BCUT2D eigenvalue weighted by atomic mass is 127. The largest absolute Gasteiger partial charge is 0.370 e. The van der Waals surface area contributed by atoms with Gasteiger partial charge < -0.3 is 16.0 Å². The van der Waals surface area contributed by atoms with Gasteiger partial charge in [0.05, 0.1) is 12.6 Å². The fraction of sp³-hybridized carbons (Fsp3) is 0.368. The lowest BCUT2D eigenvalue weighted by Crippen LogP contribution is -2.34. The van der Waals surface area contributed by atoms with Gasteiger partial charge in [-0.05, 0) is 55.2 Å². The molecule has 3 N–H and O–H groups in total. The van der Waals surface area contributed by atoms with E-state index in [1.54, 1.807) is 6.07 Å². The van der Waals surface area contributed by atoms with E-state index in [1.807, 2.05) is 31.3 Å². The molecular weight excluding hydrogens is 496 g/mol. The molecule has 0 aliphatic carbocycles. The van der Waals surface area contributed by atoms with Crippen LogP contribution in [0.5, 0.6) is 0 Å². The molecule has 1 aliphatic rings. The first kappa shape index (κ1) is 22.0. The highest BCUT2D eigenvalue weighted by molar-refractivity contribution is 14.0. The molecular formula is C19H24Cl2IN5. The maximum atomic E-state index is 6.24. The smallest absolute Gasteiger partial charge is 0.189 e. The lowest BCUT2D eigenvalue weighted by molar-refractivity contribution is 0.708. The van der Waals surface area contributed by atoms with Gasteiger partial charge >= 0.3 is 0 Å². The van der Waals surface area contributed by atoms with Crippen LogP contribution in [0.4, 0.5) is 5.82 Å². The first-order valence-electron chi connectivity index (χ1n) is 8.74. The number of nitrogens with two attached hydrogens (primary N) is 1. The fourth-order valence-corrected chi connectivity index (χ4v) is 3.62. The summed E-state index contributed by atoms with van der Waals surface area (Å²) >= 11 is 12.2. The lowest BCUT2D eigenvalue weighted by atomic mass is 10.1. The number of pyridine rings is 1. The molecule has 3 rings (SSSR count). The predicted octanol–water partition coefficient (Wildman–Crippen LogP) is 4.77. The highest BCUT2D eigenvalue weighted by Gasteiger charge is 2.14. The Balaban J connectivity index is 0.00000261. The van der Waals surface area contributed by atoms with Crippen LogP contribution in [-0.2, 0) is 6.54 Å². The van der Waals surface area contributed by atoms with Crippen molar-refractivity contribution in [2.45, 2.75) is 32.4 Å². The van der Waals surface area contributed by atoms with Crippen molar-refractivity contribution >= 4 is 59.0 Å². The number of nitrogens with zero attached hydrogens (tertiary/aromatic N) is 3. The predicted molar refractivity (Wildman–Crippen MR) is 124 cm³/mol. The molecule has 0 bridgehead atoms. The van der Waals surface area contributed by atoms with Crippen molar-refractivity contribution < 1.29 is 0 Å². The fourth-order valence-electron chi connectivity index (χ4n) is 3.05. The monoisotopic (exact) mass is 519 g/mol. The third-order valence-electron chi connectivity index (χ3n) is 4.47. The third-order valence-corrected chi connectivity index (χ3v) is 5.03. The van der Waals surface area contributed by atoms with Crippen molar-refractivity contribution in [3.05, 3.63) is 57.7 Å². The van der Waals surface area contributed by atoms with Crippen LogP contribution in [0.25, 0.3) is 0 Å². The van der Waals surface area contributed by atoms with Crippen LogP contribution in [0.1, 0.15) is 36.9 Å². The van der Waals surface area contributed by atoms with Crippen LogP contribution in [0, 0.1) is 0 Å². The zero-order valence-corrected chi connectivity index (χ0v) is 19.0. The summed E-state index contributed by atoms with van der Waals surface area (Å²) in [4.78, 5) is 11.2. The third kappa shape index (κ3) is 6.12. The average molecular weight is 520 g/mol. The lowest BCUT2D eigenvalue weighted by Gasteiger charge is -2.17. The van der Waals surface area contributed by atoms with E-state index in [9.17, 15) is 0 Å². The van der Waals surface area contributed by atoms with E-state index in [0.29, 0.717) is 22.5 Å². The van der Waals surface area contributed by atoms with Crippen molar-refractivity contribution in [1.82, 2.24) is 10.3 Å². The van der Waals surface area contributed by atoms with Crippen molar-refractivity contribution in [3.63, 3.8) is 0 Å². The van der Waals surface area contributed by atoms with Gasteiger partial charge in [-0.3, -0.25) is 0 Å². The summed E-state index contributed by atoms with van der Waals surface area (Å²) < 4.78 is 0. The van der Waals surface area contributed by atoms with E-state index in [4.69, 9.17) is 28.9 Å². The molecule has 0 radical (unpaired) electrons. The number of benzene rings is 1. The number of aliphatic imine (C=N–C) groups is 1. The molecule has 8 heteroatoms. The Morgan fingerprint density at radius 1 is 1.26 bits per heavy atom. The molecule has 1 aliphatic heterocycles. The molecule has 2 heterocycles. The van der Waals surface area contributed by atoms with Crippen molar-refractivity contribution in [3.8, 4) is 0 Å². The number of hydrogen-bond acceptors (Lipinski definition) is 3. The Hall–Kier alpha value is -1.25. The van der Waals surface area contributed by atoms with E-state index >= 15 is 0 Å². The summed E-state index contributed by atoms with van der Waals surface area (Å²) in [6.45, 7) is 4.63. The molecule has 27 heavy (non-hydrogen) atoms. The molecule has 1 fully saturated rings. The van der Waals surface area contributed by atoms with Crippen molar-refractivity contribution in [1.29, 1.82) is 0 Å². The number of hydrogen-bond donors (Lipinski definition) is 2. The molecule has 146 valence electrons.